The van der Waals surface area contributed by atoms with E-state index in [0.717, 1.165) is 35.2 Å². The van der Waals surface area contributed by atoms with E-state index >= 15 is 0 Å². The number of rotatable bonds is 4. The van der Waals surface area contributed by atoms with Crippen LogP contribution in [0.3, 0.4) is 0 Å². The molecule has 4 rings (SSSR count). The lowest BCUT2D eigenvalue weighted by atomic mass is 9.97. The Morgan fingerprint density at radius 2 is 2.04 bits per heavy atom. The first-order chi connectivity index (χ1) is 13.6. The number of anilines is 2. The predicted octanol–water partition coefficient (Wildman–Crippen LogP) is 3.37. The first-order valence-corrected chi connectivity index (χ1v) is 9.14. The summed E-state index contributed by atoms with van der Waals surface area (Å²) in [4.78, 5) is 21.8. The third kappa shape index (κ3) is 3.76. The van der Waals surface area contributed by atoms with E-state index < -0.39 is 5.91 Å². The molecule has 1 aliphatic rings. The largest absolute Gasteiger partial charge is 0.377 e. The normalized spacial score (nSPS) is 19.4. The van der Waals surface area contributed by atoms with Crippen molar-refractivity contribution in [2.24, 2.45) is 0 Å². The molecule has 144 valence electrons. The van der Waals surface area contributed by atoms with Crippen molar-refractivity contribution in [3.63, 3.8) is 0 Å². The molecular formula is C21H22N4O3. The Bertz CT molecular complexity index is 982. The number of hydroxylamine groups is 2. The van der Waals surface area contributed by atoms with Gasteiger partial charge in [-0.15, -0.1) is 0 Å². The fraction of sp³-hybridized carbons (Fsp3) is 0.238. The van der Waals surface area contributed by atoms with Gasteiger partial charge in [0.15, 0.2) is 0 Å². The number of hydrogen-bond acceptors (Lipinski definition) is 6. The van der Waals surface area contributed by atoms with Crippen LogP contribution in [0.25, 0.3) is 10.9 Å². The number of fused-ring (bicyclic) bond motifs is 1. The van der Waals surface area contributed by atoms with Gasteiger partial charge < -0.3 is 5.32 Å². The monoisotopic (exact) mass is 378 g/mol. The maximum atomic E-state index is 11.4. The molecule has 7 nitrogen and oxygen atoms in total. The van der Waals surface area contributed by atoms with Gasteiger partial charge in [0, 0.05) is 29.4 Å². The van der Waals surface area contributed by atoms with Crippen LogP contribution in [0.1, 0.15) is 23.7 Å². The minimum absolute atomic E-state index is 0.227. The molecule has 1 atom stereocenters. The number of nitrogens with one attached hydrogen (secondary N) is 2. The molecule has 7 heteroatoms. The number of aromatic nitrogens is 1. The molecule has 0 aliphatic carbocycles. The lowest BCUT2D eigenvalue weighted by Crippen LogP contribution is -2.50. The molecule has 3 N–H and O–H groups in total. The van der Waals surface area contributed by atoms with Crippen molar-refractivity contribution in [1.29, 1.82) is 0 Å². The molecule has 2 aromatic carbocycles. The second-order valence-corrected chi connectivity index (χ2v) is 7.21. The van der Waals surface area contributed by atoms with Crippen molar-refractivity contribution >= 4 is 28.2 Å². The number of hydrogen-bond donors (Lipinski definition) is 3. The average Bonchev–Trinajstić information content (AvgIpc) is 2.74. The number of pyridine rings is 1. The summed E-state index contributed by atoms with van der Waals surface area (Å²) in [6.07, 6.45) is 2.68. The quantitative estimate of drug-likeness (QED) is 0.477. The standard InChI is InChI=1S/C21H22N4O3/c1-21(23-17-6-4-15(5-7-17)20(26)24-27)10-12-25(28-14-21)18-8-9-19-16(13-18)3-2-11-22-19/h2-9,11,13,23,27H,10,12,14H2,1H3,(H,24,26). The van der Waals surface area contributed by atoms with Gasteiger partial charge in [0.05, 0.1) is 23.3 Å². The summed E-state index contributed by atoms with van der Waals surface area (Å²) < 4.78 is 0. The van der Waals surface area contributed by atoms with Crippen molar-refractivity contribution in [3.8, 4) is 0 Å². The number of benzene rings is 2. The van der Waals surface area contributed by atoms with Crippen LogP contribution in [0, 0.1) is 0 Å². The van der Waals surface area contributed by atoms with Crippen LogP contribution in [0.5, 0.6) is 0 Å². The molecule has 2 heterocycles. The third-order valence-electron chi connectivity index (χ3n) is 4.97. The van der Waals surface area contributed by atoms with Gasteiger partial charge in [-0.1, -0.05) is 6.07 Å². The SMILES string of the molecule is CC1(Nc2ccc(C(=O)NO)cc2)CCN(c2ccc3ncccc3c2)OC1. The van der Waals surface area contributed by atoms with Crippen LogP contribution in [-0.4, -0.2) is 34.8 Å². The Labute approximate surface area is 162 Å². The average molecular weight is 378 g/mol. The smallest absolute Gasteiger partial charge is 0.274 e. The maximum Gasteiger partial charge on any atom is 0.274 e. The molecule has 0 radical (unpaired) electrons. The van der Waals surface area contributed by atoms with E-state index in [2.05, 4.69) is 23.3 Å². The van der Waals surface area contributed by atoms with E-state index in [0.29, 0.717) is 12.2 Å². The molecule has 0 bridgehead atoms. The second kappa shape index (κ2) is 7.46. The van der Waals surface area contributed by atoms with Gasteiger partial charge in [-0.2, -0.15) is 0 Å². The van der Waals surface area contributed by atoms with Crippen LogP contribution in [0.2, 0.25) is 0 Å². The first-order valence-electron chi connectivity index (χ1n) is 9.14. The highest BCUT2D eigenvalue weighted by atomic mass is 16.7. The number of carbonyl (C=O) groups is 1. The van der Waals surface area contributed by atoms with E-state index in [4.69, 9.17) is 10.0 Å². The van der Waals surface area contributed by atoms with Crippen molar-refractivity contribution in [2.75, 3.05) is 23.5 Å². The summed E-state index contributed by atoms with van der Waals surface area (Å²) in [5.74, 6) is -0.528. The number of carbonyl (C=O) groups excluding carboxylic acids is 1. The maximum absolute atomic E-state index is 11.4. The molecule has 28 heavy (non-hydrogen) atoms. The Morgan fingerprint density at radius 1 is 1.21 bits per heavy atom. The summed E-state index contributed by atoms with van der Waals surface area (Å²) in [7, 11) is 0. The highest BCUT2D eigenvalue weighted by molar-refractivity contribution is 5.93. The fourth-order valence-corrected chi connectivity index (χ4v) is 3.34. The third-order valence-corrected chi connectivity index (χ3v) is 4.97. The van der Waals surface area contributed by atoms with Crippen molar-refractivity contribution in [3.05, 3.63) is 66.4 Å². The molecule has 0 spiro atoms. The van der Waals surface area contributed by atoms with Crippen LogP contribution in [-0.2, 0) is 4.84 Å². The van der Waals surface area contributed by atoms with Gasteiger partial charge in [0.2, 0.25) is 0 Å². The van der Waals surface area contributed by atoms with E-state index in [9.17, 15) is 4.79 Å². The van der Waals surface area contributed by atoms with Gasteiger partial charge in [0.1, 0.15) is 0 Å². The molecule has 1 unspecified atom stereocenters. The Morgan fingerprint density at radius 3 is 2.75 bits per heavy atom. The Balaban J connectivity index is 1.41. The molecule has 0 saturated carbocycles. The molecule has 1 amide bonds. The highest BCUT2D eigenvalue weighted by Crippen LogP contribution is 2.28. The van der Waals surface area contributed by atoms with E-state index in [1.54, 1.807) is 23.8 Å². The van der Waals surface area contributed by atoms with Gasteiger partial charge in [0.25, 0.3) is 5.91 Å². The molecule has 3 aromatic rings. The molecule has 1 saturated heterocycles. The minimum atomic E-state index is -0.528. The van der Waals surface area contributed by atoms with Crippen LogP contribution < -0.4 is 15.9 Å². The topological polar surface area (TPSA) is 86.7 Å². The lowest BCUT2D eigenvalue weighted by molar-refractivity contribution is 0.0393. The Hall–Kier alpha value is -3.16. The zero-order valence-electron chi connectivity index (χ0n) is 15.6. The first kappa shape index (κ1) is 18.2. The van der Waals surface area contributed by atoms with E-state index in [1.165, 1.54) is 0 Å². The van der Waals surface area contributed by atoms with Crippen LogP contribution >= 0.6 is 0 Å². The van der Waals surface area contributed by atoms with Crippen molar-refractivity contribution in [1.82, 2.24) is 10.5 Å². The fourth-order valence-electron chi connectivity index (χ4n) is 3.34. The second-order valence-electron chi connectivity index (χ2n) is 7.21. The summed E-state index contributed by atoms with van der Waals surface area (Å²) in [6.45, 7) is 3.38. The Kier molecular flexibility index (Phi) is 4.85. The van der Waals surface area contributed by atoms with Crippen molar-refractivity contribution < 1.29 is 14.8 Å². The summed E-state index contributed by atoms with van der Waals surface area (Å²) >= 11 is 0. The van der Waals surface area contributed by atoms with E-state index in [-0.39, 0.29) is 5.54 Å². The number of amides is 1. The predicted molar refractivity (Wildman–Crippen MR) is 107 cm³/mol. The number of nitrogens with zero attached hydrogens (tertiary/aromatic N) is 2. The lowest BCUT2D eigenvalue weighted by Gasteiger charge is -2.40. The van der Waals surface area contributed by atoms with Crippen molar-refractivity contribution in [2.45, 2.75) is 18.9 Å². The zero-order valence-corrected chi connectivity index (χ0v) is 15.6. The van der Waals surface area contributed by atoms with E-state index in [1.807, 2.05) is 41.5 Å². The molecule has 1 aromatic heterocycles. The highest BCUT2D eigenvalue weighted by Gasteiger charge is 2.31. The van der Waals surface area contributed by atoms with Crippen LogP contribution in [0.15, 0.2) is 60.8 Å². The summed E-state index contributed by atoms with van der Waals surface area (Å²) in [5.41, 5.74) is 4.68. The van der Waals surface area contributed by atoms with Gasteiger partial charge in [-0.25, -0.2) is 5.48 Å². The van der Waals surface area contributed by atoms with Crippen LogP contribution in [0.4, 0.5) is 11.4 Å². The minimum Gasteiger partial charge on any atom is -0.377 e. The molecule has 1 aliphatic heterocycles. The summed E-state index contributed by atoms with van der Waals surface area (Å²) in [6, 6.07) is 17.1. The van der Waals surface area contributed by atoms with Gasteiger partial charge >= 0.3 is 0 Å². The van der Waals surface area contributed by atoms with Gasteiger partial charge in [-0.05, 0) is 61.9 Å². The molecular weight excluding hydrogens is 356 g/mol. The van der Waals surface area contributed by atoms with Gasteiger partial charge in [-0.3, -0.25) is 24.9 Å². The zero-order chi connectivity index (χ0) is 19.6. The summed E-state index contributed by atoms with van der Waals surface area (Å²) in [5, 5.41) is 15.2. The molecule has 1 fully saturated rings.